The van der Waals surface area contributed by atoms with Gasteiger partial charge in [0, 0.05) is 11.4 Å². The van der Waals surface area contributed by atoms with Crippen molar-refractivity contribution in [3.05, 3.63) is 68.7 Å². The molecule has 2 aromatic rings. The van der Waals surface area contributed by atoms with E-state index in [0.29, 0.717) is 12.1 Å². The molecule has 30 heavy (non-hydrogen) atoms. The van der Waals surface area contributed by atoms with Gasteiger partial charge in [-0.1, -0.05) is 23.2 Å². The number of alkyl halides is 6. The topological polar surface area (TPSA) is 66.4 Å². The number of hydrogen-bond donors (Lipinski definition) is 2. The van der Waals surface area contributed by atoms with Crippen LogP contribution < -0.4 is 5.32 Å². The number of amides is 1. The van der Waals surface area contributed by atoms with Crippen molar-refractivity contribution >= 4 is 35.1 Å². The van der Waals surface area contributed by atoms with E-state index in [1.165, 1.54) is 12.1 Å². The molecule has 1 atom stereocenters. The van der Waals surface area contributed by atoms with Gasteiger partial charge in [-0.15, -0.1) is 0 Å². The summed E-state index contributed by atoms with van der Waals surface area (Å²) in [7, 11) is 0. The Morgan fingerprint density at radius 3 is 1.93 bits per heavy atom. The van der Waals surface area contributed by atoms with Crippen molar-refractivity contribution in [3.8, 4) is 0 Å². The number of carbonyl (C=O) groups is 2. The first-order valence-corrected chi connectivity index (χ1v) is 8.71. The highest BCUT2D eigenvalue weighted by molar-refractivity contribution is 6.35. The first-order valence-electron chi connectivity index (χ1n) is 7.95. The minimum Gasteiger partial charge on any atom is -0.480 e. The number of nitrogens with one attached hydrogen (secondary N) is 1. The van der Waals surface area contributed by atoms with Gasteiger partial charge in [-0.3, -0.25) is 4.79 Å². The molecule has 0 aliphatic rings. The van der Waals surface area contributed by atoms with E-state index in [0.717, 1.165) is 6.07 Å². The zero-order chi connectivity index (χ0) is 22.9. The van der Waals surface area contributed by atoms with Gasteiger partial charge in [0.15, 0.2) is 0 Å². The van der Waals surface area contributed by atoms with Crippen molar-refractivity contribution in [3.63, 3.8) is 0 Å². The first-order chi connectivity index (χ1) is 13.7. The molecular weight excluding hydrogens is 463 g/mol. The molecule has 0 bridgehead atoms. The van der Waals surface area contributed by atoms with Crippen LogP contribution in [0.25, 0.3) is 0 Å². The van der Waals surface area contributed by atoms with Crippen LogP contribution in [-0.2, 0) is 23.6 Å². The van der Waals surface area contributed by atoms with E-state index in [9.17, 15) is 41.0 Å². The molecule has 0 saturated carbocycles. The molecule has 4 nitrogen and oxygen atoms in total. The van der Waals surface area contributed by atoms with Crippen LogP contribution in [-0.4, -0.2) is 23.0 Å². The Balaban J connectivity index is 2.38. The molecule has 0 saturated heterocycles. The third-order valence-corrected chi connectivity index (χ3v) is 4.43. The van der Waals surface area contributed by atoms with Gasteiger partial charge in [-0.05, 0) is 42.0 Å². The predicted molar refractivity (Wildman–Crippen MR) is 95.5 cm³/mol. The molecule has 2 rings (SSSR count). The zero-order valence-corrected chi connectivity index (χ0v) is 16.0. The minimum absolute atomic E-state index is 0.0798. The standard InChI is InChI=1S/C18H11Cl2F6NO3/c19-11-1-2-13(20)12(7-11)15(28)27-14(16(29)30)5-8-3-9(17(21,22)23)6-10(4-8)18(24,25)26/h1-4,6-7,14H,5H2,(H,27,28)(H,29,30). The molecule has 0 spiro atoms. The van der Waals surface area contributed by atoms with E-state index in [-0.39, 0.29) is 21.7 Å². The largest absolute Gasteiger partial charge is 0.480 e. The molecular formula is C18H11Cl2F6NO3. The van der Waals surface area contributed by atoms with Crippen molar-refractivity contribution in [2.45, 2.75) is 24.8 Å². The van der Waals surface area contributed by atoms with E-state index in [1.807, 2.05) is 5.32 Å². The Bertz CT molecular complexity index is 943. The average molecular weight is 474 g/mol. The summed E-state index contributed by atoms with van der Waals surface area (Å²) in [6.45, 7) is 0. The van der Waals surface area contributed by atoms with E-state index in [2.05, 4.69) is 0 Å². The Kier molecular flexibility index (Phi) is 6.93. The quantitative estimate of drug-likeness (QED) is 0.567. The van der Waals surface area contributed by atoms with Crippen LogP contribution in [0, 0.1) is 0 Å². The lowest BCUT2D eigenvalue weighted by molar-refractivity contribution is -0.143. The normalized spacial score (nSPS) is 13.1. The Morgan fingerprint density at radius 1 is 0.933 bits per heavy atom. The smallest absolute Gasteiger partial charge is 0.416 e. The van der Waals surface area contributed by atoms with E-state index in [1.54, 1.807) is 0 Å². The number of aliphatic carboxylic acids is 1. The van der Waals surface area contributed by atoms with Crippen LogP contribution in [0.2, 0.25) is 10.0 Å². The minimum atomic E-state index is -5.09. The summed E-state index contributed by atoms with van der Waals surface area (Å²) in [5.41, 5.74) is -3.99. The summed E-state index contributed by atoms with van der Waals surface area (Å²) in [4.78, 5) is 23.8. The van der Waals surface area contributed by atoms with Gasteiger partial charge in [0.1, 0.15) is 6.04 Å². The van der Waals surface area contributed by atoms with Gasteiger partial charge in [0.25, 0.3) is 5.91 Å². The number of carboxylic acids is 1. The summed E-state index contributed by atoms with van der Waals surface area (Å²) in [6.07, 6.45) is -11.0. The Labute approximate surface area is 175 Å². The van der Waals surface area contributed by atoms with Gasteiger partial charge in [-0.2, -0.15) is 26.3 Å². The molecule has 0 aromatic heterocycles. The number of rotatable bonds is 5. The van der Waals surface area contributed by atoms with Crippen molar-refractivity contribution in [2.24, 2.45) is 0 Å². The van der Waals surface area contributed by atoms with Crippen molar-refractivity contribution in [1.29, 1.82) is 0 Å². The Morgan fingerprint density at radius 2 is 1.47 bits per heavy atom. The van der Waals surface area contributed by atoms with E-state index < -0.39 is 53.4 Å². The molecule has 0 aliphatic heterocycles. The first kappa shape index (κ1) is 23.8. The fourth-order valence-corrected chi connectivity index (χ4v) is 2.86. The van der Waals surface area contributed by atoms with Crippen LogP contribution >= 0.6 is 23.2 Å². The summed E-state index contributed by atoms with van der Waals surface area (Å²) < 4.78 is 77.8. The predicted octanol–water partition coefficient (Wildman–Crippen LogP) is 5.46. The second kappa shape index (κ2) is 8.73. The van der Waals surface area contributed by atoms with Crippen molar-refractivity contribution < 1.29 is 41.0 Å². The molecule has 2 aromatic carbocycles. The van der Waals surface area contributed by atoms with Crippen molar-refractivity contribution in [1.82, 2.24) is 5.32 Å². The van der Waals surface area contributed by atoms with Crippen LogP contribution in [0.5, 0.6) is 0 Å². The summed E-state index contributed by atoms with van der Waals surface area (Å²) in [5.74, 6) is -2.69. The second-order valence-corrected chi connectivity index (χ2v) is 6.95. The van der Waals surface area contributed by atoms with Gasteiger partial charge < -0.3 is 10.4 Å². The van der Waals surface area contributed by atoms with Gasteiger partial charge in [-0.25, -0.2) is 4.79 Å². The number of benzene rings is 2. The number of hydrogen-bond acceptors (Lipinski definition) is 2. The van der Waals surface area contributed by atoms with Crippen LogP contribution in [0.4, 0.5) is 26.3 Å². The number of halogens is 8. The second-order valence-electron chi connectivity index (χ2n) is 6.11. The van der Waals surface area contributed by atoms with E-state index >= 15 is 0 Å². The molecule has 162 valence electrons. The number of carboxylic acid groups (broad SMARTS) is 1. The highest BCUT2D eigenvalue weighted by atomic mass is 35.5. The summed E-state index contributed by atoms with van der Waals surface area (Å²) in [5, 5.41) is 11.3. The van der Waals surface area contributed by atoms with Gasteiger partial charge >= 0.3 is 18.3 Å². The Hall–Kier alpha value is -2.46. The maximum absolute atomic E-state index is 13.0. The van der Waals surface area contributed by atoms with Gasteiger partial charge in [0.2, 0.25) is 0 Å². The molecule has 0 radical (unpaired) electrons. The third kappa shape index (κ3) is 6.02. The monoisotopic (exact) mass is 473 g/mol. The lowest BCUT2D eigenvalue weighted by Gasteiger charge is -2.18. The molecule has 0 fully saturated rings. The highest BCUT2D eigenvalue weighted by Crippen LogP contribution is 2.36. The zero-order valence-electron chi connectivity index (χ0n) is 14.5. The fraction of sp³-hybridized carbons (Fsp3) is 0.222. The third-order valence-electron chi connectivity index (χ3n) is 3.86. The van der Waals surface area contributed by atoms with Crippen LogP contribution in [0.15, 0.2) is 36.4 Å². The van der Waals surface area contributed by atoms with Gasteiger partial charge in [0.05, 0.1) is 21.7 Å². The lowest BCUT2D eigenvalue weighted by atomic mass is 9.99. The fourth-order valence-electron chi connectivity index (χ4n) is 2.48. The molecule has 12 heteroatoms. The highest BCUT2D eigenvalue weighted by Gasteiger charge is 2.37. The molecule has 0 aliphatic carbocycles. The lowest BCUT2D eigenvalue weighted by Crippen LogP contribution is -2.42. The van der Waals surface area contributed by atoms with E-state index in [4.69, 9.17) is 23.2 Å². The summed E-state index contributed by atoms with van der Waals surface area (Å²) >= 11 is 11.6. The van der Waals surface area contributed by atoms with Crippen molar-refractivity contribution in [2.75, 3.05) is 0 Å². The number of carbonyl (C=O) groups excluding carboxylic acids is 1. The molecule has 2 N–H and O–H groups in total. The molecule has 0 heterocycles. The molecule has 1 unspecified atom stereocenters. The van der Waals surface area contributed by atoms with Crippen LogP contribution in [0.1, 0.15) is 27.0 Å². The maximum atomic E-state index is 13.0. The SMILES string of the molecule is O=C(NC(Cc1cc(C(F)(F)F)cc(C(F)(F)F)c1)C(=O)O)c1cc(Cl)ccc1Cl. The summed E-state index contributed by atoms with van der Waals surface area (Å²) in [6, 6.07) is 2.62. The average Bonchev–Trinajstić information content (AvgIpc) is 2.61. The molecule has 1 amide bonds. The van der Waals surface area contributed by atoms with Crippen LogP contribution in [0.3, 0.4) is 0 Å². The maximum Gasteiger partial charge on any atom is 0.416 e.